The van der Waals surface area contributed by atoms with E-state index in [2.05, 4.69) is 15.3 Å². The van der Waals surface area contributed by atoms with Crippen LogP contribution in [0.5, 0.6) is 0 Å². The smallest absolute Gasteiger partial charge is 0.270 e. The average molecular weight is 325 g/mol. The molecule has 2 heterocycles. The summed E-state index contributed by atoms with van der Waals surface area (Å²) in [6.07, 6.45) is 2.44. The van der Waals surface area contributed by atoms with Gasteiger partial charge in [0, 0.05) is 38.9 Å². The third-order valence-corrected chi connectivity index (χ3v) is 3.92. The lowest BCUT2D eigenvalue weighted by atomic mass is 10.2. The van der Waals surface area contributed by atoms with Crippen molar-refractivity contribution in [3.8, 4) is 0 Å². The summed E-state index contributed by atoms with van der Waals surface area (Å²) in [5.74, 6) is 0.293. The topological polar surface area (TPSA) is 78.4 Å². The molecule has 0 radical (unpaired) electrons. The molecule has 1 saturated heterocycles. The van der Waals surface area contributed by atoms with Crippen molar-refractivity contribution in [2.75, 3.05) is 31.1 Å². The first-order valence-corrected chi connectivity index (χ1v) is 7.86. The molecule has 1 N–H and O–H groups in total. The average Bonchev–Trinajstić information content (AvgIpc) is 2.67. The Morgan fingerprint density at radius 3 is 2.58 bits per heavy atom. The highest BCUT2D eigenvalue weighted by molar-refractivity contribution is 5.92. The third-order valence-electron chi connectivity index (χ3n) is 3.92. The summed E-state index contributed by atoms with van der Waals surface area (Å²) in [7, 11) is 0. The van der Waals surface area contributed by atoms with Gasteiger partial charge in [-0.3, -0.25) is 9.59 Å². The minimum absolute atomic E-state index is 0.228. The van der Waals surface area contributed by atoms with Gasteiger partial charge < -0.3 is 15.1 Å². The zero-order chi connectivity index (χ0) is 16.8. The van der Waals surface area contributed by atoms with E-state index in [-0.39, 0.29) is 5.91 Å². The number of anilines is 1. The van der Waals surface area contributed by atoms with Crippen molar-refractivity contribution in [3.63, 3.8) is 0 Å². The predicted octanol–water partition coefficient (Wildman–Crippen LogP) is 0.685. The summed E-state index contributed by atoms with van der Waals surface area (Å²) >= 11 is 0. The number of hydrogen-bond acceptors (Lipinski definition) is 5. The van der Waals surface area contributed by atoms with Gasteiger partial charge >= 0.3 is 0 Å². The summed E-state index contributed by atoms with van der Waals surface area (Å²) in [5, 5.41) is 2.86. The van der Waals surface area contributed by atoms with Gasteiger partial charge in [-0.2, -0.15) is 0 Å². The SMILES string of the molecule is O=CN1CCN(c2nccc(C(=O)NCc3ccccc3)n2)CC1. The van der Waals surface area contributed by atoms with Crippen LogP contribution in [0.25, 0.3) is 0 Å². The Bertz CT molecular complexity index is 699. The van der Waals surface area contributed by atoms with Crippen LogP contribution in [0.4, 0.5) is 5.95 Å². The Kier molecular flexibility index (Phi) is 5.00. The molecule has 24 heavy (non-hydrogen) atoms. The zero-order valence-electron chi connectivity index (χ0n) is 13.3. The van der Waals surface area contributed by atoms with Gasteiger partial charge in [0.15, 0.2) is 0 Å². The second kappa shape index (κ2) is 7.54. The molecule has 1 aromatic heterocycles. The largest absolute Gasteiger partial charge is 0.347 e. The minimum Gasteiger partial charge on any atom is -0.347 e. The summed E-state index contributed by atoms with van der Waals surface area (Å²) in [6, 6.07) is 11.3. The van der Waals surface area contributed by atoms with Crippen molar-refractivity contribution in [2.24, 2.45) is 0 Å². The van der Waals surface area contributed by atoms with Gasteiger partial charge in [-0.25, -0.2) is 9.97 Å². The van der Waals surface area contributed by atoms with Crippen molar-refractivity contribution in [1.29, 1.82) is 0 Å². The highest BCUT2D eigenvalue weighted by Crippen LogP contribution is 2.11. The van der Waals surface area contributed by atoms with Crippen LogP contribution < -0.4 is 10.2 Å². The van der Waals surface area contributed by atoms with E-state index < -0.39 is 0 Å². The first-order valence-electron chi connectivity index (χ1n) is 7.86. The highest BCUT2D eigenvalue weighted by Gasteiger charge is 2.19. The standard InChI is InChI=1S/C17H19N5O2/c23-13-21-8-10-22(11-9-21)17-18-7-6-15(20-17)16(24)19-12-14-4-2-1-3-5-14/h1-7,13H,8-12H2,(H,19,24). The van der Waals surface area contributed by atoms with E-state index >= 15 is 0 Å². The molecule has 0 spiro atoms. The van der Waals surface area contributed by atoms with Crippen LogP contribution in [-0.2, 0) is 11.3 Å². The van der Waals surface area contributed by atoms with E-state index in [1.807, 2.05) is 35.2 Å². The fourth-order valence-corrected chi connectivity index (χ4v) is 2.52. The van der Waals surface area contributed by atoms with E-state index in [9.17, 15) is 9.59 Å². The molecule has 0 aliphatic carbocycles. The van der Waals surface area contributed by atoms with Gasteiger partial charge in [0.25, 0.3) is 5.91 Å². The Labute approximate surface area is 140 Å². The second-order valence-corrected chi connectivity index (χ2v) is 5.54. The maximum atomic E-state index is 12.3. The molecule has 1 fully saturated rings. The predicted molar refractivity (Wildman–Crippen MR) is 89.5 cm³/mol. The lowest BCUT2D eigenvalue weighted by Crippen LogP contribution is -2.46. The number of amides is 2. The van der Waals surface area contributed by atoms with Crippen molar-refractivity contribution in [1.82, 2.24) is 20.2 Å². The summed E-state index contributed by atoms with van der Waals surface area (Å²) in [5.41, 5.74) is 1.37. The maximum absolute atomic E-state index is 12.3. The van der Waals surface area contributed by atoms with Crippen LogP contribution in [0.1, 0.15) is 16.1 Å². The molecule has 0 bridgehead atoms. The van der Waals surface area contributed by atoms with E-state index in [1.165, 1.54) is 0 Å². The van der Waals surface area contributed by atoms with Gasteiger partial charge in [0.2, 0.25) is 12.4 Å². The molecule has 0 unspecified atom stereocenters. The van der Waals surface area contributed by atoms with Crippen LogP contribution >= 0.6 is 0 Å². The Morgan fingerprint density at radius 1 is 1.12 bits per heavy atom. The van der Waals surface area contributed by atoms with Crippen molar-refractivity contribution < 1.29 is 9.59 Å². The lowest BCUT2D eigenvalue weighted by molar-refractivity contribution is -0.118. The number of piperazine rings is 1. The van der Waals surface area contributed by atoms with Crippen LogP contribution in [0.15, 0.2) is 42.6 Å². The zero-order valence-corrected chi connectivity index (χ0v) is 13.3. The minimum atomic E-state index is -0.228. The summed E-state index contributed by atoms with van der Waals surface area (Å²) < 4.78 is 0. The molecule has 2 aromatic rings. The van der Waals surface area contributed by atoms with E-state index in [1.54, 1.807) is 17.2 Å². The maximum Gasteiger partial charge on any atom is 0.270 e. The Hall–Kier alpha value is -2.96. The molecular weight excluding hydrogens is 306 g/mol. The number of hydrogen-bond donors (Lipinski definition) is 1. The first-order chi connectivity index (χ1) is 11.8. The summed E-state index contributed by atoms with van der Waals surface area (Å²) in [6.45, 7) is 3.05. The van der Waals surface area contributed by atoms with E-state index in [0.717, 1.165) is 12.0 Å². The van der Waals surface area contributed by atoms with Gasteiger partial charge in [-0.15, -0.1) is 0 Å². The quantitative estimate of drug-likeness (QED) is 0.818. The molecular formula is C17H19N5O2. The van der Waals surface area contributed by atoms with Crippen LogP contribution in [0.2, 0.25) is 0 Å². The number of carbonyl (C=O) groups excluding carboxylic acids is 2. The molecule has 0 saturated carbocycles. The van der Waals surface area contributed by atoms with Gasteiger partial charge in [-0.1, -0.05) is 30.3 Å². The molecule has 2 amide bonds. The van der Waals surface area contributed by atoms with Crippen LogP contribution in [-0.4, -0.2) is 53.4 Å². The second-order valence-electron chi connectivity index (χ2n) is 5.54. The summed E-state index contributed by atoms with van der Waals surface area (Å²) in [4.78, 5) is 35.3. The highest BCUT2D eigenvalue weighted by atomic mass is 16.2. The number of aromatic nitrogens is 2. The Morgan fingerprint density at radius 2 is 1.88 bits per heavy atom. The van der Waals surface area contributed by atoms with Crippen molar-refractivity contribution in [3.05, 3.63) is 53.9 Å². The van der Waals surface area contributed by atoms with Crippen LogP contribution in [0.3, 0.4) is 0 Å². The third kappa shape index (κ3) is 3.87. The van der Waals surface area contributed by atoms with E-state index in [0.29, 0.717) is 44.4 Å². The van der Waals surface area contributed by atoms with Gasteiger partial charge in [-0.05, 0) is 11.6 Å². The van der Waals surface area contributed by atoms with Gasteiger partial charge in [0.1, 0.15) is 5.69 Å². The normalized spacial score (nSPS) is 14.3. The Balaban J connectivity index is 1.62. The van der Waals surface area contributed by atoms with Crippen LogP contribution in [0, 0.1) is 0 Å². The molecule has 1 aliphatic heterocycles. The first kappa shape index (κ1) is 15.9. The molecule has 7 heteroatoms. The van der Waals surface area contributed by atoms with Crippen molar-refractivity contribution >= 4 is 18.3 Å². The fraction of sp³-hybridized carbons (Fsp3) is 0.294. The molecule has 124 valence electrons. The molecule has 0 atom stereocenters. The number of carbonyl (C=O) groups is 2. The molecule has 1 aliphatic rings. The lowest BCUT2D eigenvalue weighted by Gasteiger charge is -2.32. The molecule has 7 nitrogen and oxygen atoms in total. The van der Waals surface area contributed by atoms with Gasteiger partial charge in [0.05, 0.1) is 0 Å². The number of nitrogens with one attached hydrogen (secondary N) is 1. The van der Waals surface area contributed by atoms with Crippen molar-refractivity contribution in [2.45, 2.75) is 6.54 Å². The fourth-order valence-electron chi connectivity index (χ4n) is 2.52. The monoisotopic (exact) mass is 325 g/mol. The molecule has 1 aromatic carbocycles. The molecule has 3 rings (SSSR count). The van der Waals surface area contributed by atoms with E-state index in [4.69, 9.17) is 0 Å². The number of benzene rings is 1. The number of nitrogens with zero attached hydrogens (tertiary/aromatic N) is 4. The number of rotatable bonds is 5.